The summed E-state index contributed by atoms with van der Waals surface area (Å²) in [7, 11) is 0. The third kappa shape index (κ3) is 3.93. The van der Waals surface area contributed by atoms with Gasteiger partial charge in [-0.3, -0.25) is 9.59 Å². The van der Waals surface area contributed by atoms with Gasteiger partial charge in [0.1, 0.15) is 5.82 Å². The van der Waals surface area contributed by atoms with Crippen molar-refractivity contribution in [2.45, 2.75) is 32.6 Å². The molecule has 0 radical (unpaired) electrons. The Bertz CT molecular complexity index is 890. The second-order valence-corrected chi connectivity index (χ2v) is 8.23. The summed E-state index contributed by atoms with van der Waals surface area (Å²) in [5.41, 5.74) is 2.33. The summed E-state index contributed by atoms with van der Waals surface area (Å²) in [6, 6.07) is 13.8. The van der Waals surface area contributed by atoms with Crippen molar-refractivity contribution < 1.29 is 14.0 Å². The van der Waals surface area contributed by atoms with Gasteiger partial charge in [-0.05, 0) is 61.1 Å². The number of hydrogen-bond donors (Lipinski definition) is 1. The van der Waals surface area contributed by atoms with Gasteiger partial charge in [-0.25, -0.2) is 4.39 Å². The van der Waals surface area contributed by atoms with E-state index in [2.05, 4.69) is 5.32 Å². The van der Waals surface area contributed by atoms with Crippen LogP contribution in [0.1, 0.15) is 32.6 Å². The van der Waals surface area contributed by atoms with Crippen LogP contribution in [0.4, 0.5) is 10.1 Å². The molecule has 2 aliphatic rings. The summed E-state index contributed by atoms with van der Waals surface area (Å²) in [6.07, 6.45) is 3.56. The lowest BCUT2D eigenvalue weighted by atomic mass is 9.95. The topological polar surface area (TPSA) is 49.4 Å². The van der Waals surface area contributed by atoms with Crippen molar-refractivity contribution in [1.29, 1.82) is 0 Å². The average Bonchev–Trinajstić information content (AvgIpc) is 3.47. The number of halogens is 1. The smallest absolute Gasteiger partial charge is 0.229 e. The fourth-order valence-electron chi connectivity index (χ4n) is 3.82. The summed E-state index contributed by atoms with van der Waals surface area (Å²) in [6.45, 7) is 3.26. The number of nitrogens with one attached hydrogen (secondary N) is 1. The van der Waals surface area contributed by atoms with Gasteiger partial charge in [0.2, 0.25) is 11.8 Å². The molecule has 0 aromatic heterocycles. The SMILES string of the molecule is CC1(C(=O)N2CCC[C@H](C(=O)Nc3cccc(-c4ccc(F)cc4)c3)C2)CC1. The lowest BCUT2D eigenvalue weighted by Crippen LogP contribution is -2.46. The Morgan fingerprint density at radius 3 is 2.57 bits per heavy atom. The van der Waals surface area contributed by atoms with Crippen LogP contribution in [0, 0.1) is 17.2 Å². The van der Waals surface area contributed by atoms with Gasteiger partial charge in [0.15, 0.2) is 0 Å². The highest BCUT2D eigenvalue weighted by molar-refractivity contribution is 5.94. The van der Waals surface area contributed by atoms with E-state index in [0.717, 1.165) is 43.4 Å². The third-order valence-corrected chi connectivity index (χ3v) is 5.90. The molecule has 1 aliphatic carbocycles. The van der Waals surface area contributed by atoms with Gasteiger partial charge < -0.3 is 10.2 Å². The molecule has 1 aliphatic heterocycles. The lowest BCUT2D eigenvalue weighted by molar-refractivity contribution is -0.139. The highest BCUT2D eigenvalue weighted by atomic mass is 19.1. The Hall–Kier alpha value is -2.69. The average molecular weight is 380 g/mol. The first-order valence-electron chi connectivity index (χ1n) is 9.91. The van der Waals surface area contributed by atoms with Gasteiger partial charge >= 0.3 is 0 Å². The van der Waals surface area contributed by atoms with Crippen LogP contribution in [0.3, 0.4) is 0 Å². The van der Waals surface area contributed by atoms with Crippen molar-refractivity contribution in [3.8, 4) is 11.1 Å². The molecule has 28 heavy (non-hydrogen) atoms. The predicted octanol–water partition coefficient (Wildman–Crippen LogP) is 4.47. The first kappa shape index (κ1) is 18.7. The van der Waals surface area contributed by atoms with Crippen molar-refractivity contribution >= 4 is 17.5 Å². The van der Waals surface area contributed by atoms with E-state index in [9.17, 15) is 14.0 Å². The summed E-state index contributed by atoms with van der Waals surface area (Å²) in [5.74, 6) is -0.308. The van der Waals surface area contributed by atoms with Crippen LogP contribution >= 0.6 is 0 Å². The van der Waals surface area contributed by atoms with Gasteiger partial charge in [0.25, 0.3) is 0 Å². The molecular formula is C23H25FN2O2. The number of rotatable bonds is 4. The van der Waals surface area contributed by atoms with Gasteiger partial charge in [-0.1, -0.05) is 31.2 Å². The van der Waals surface area contributed by atoms with Gasteiger partial charge in [0.05, 0.1) is 5.92 Å². The number of piperidine rings is 1. The Morgan fingerprint density at radius 2 is 1.86 bits per heavy atom. The molecule has 2 aromatic carbocycles. The molecule has 4 nitrogen and oxygen atoms in total. The lowest BCUT2D eigenvalue weighted by Gasteiger charge is -2.33. The van der Waals surface area contributed by atoms with E-state index in [1.165, 1.54) is 12.1 Å². The molecule has 0 spiro atoms. The maximum absolute atomic E-state index is 13.1. The Labute approximate surface area is 164 Å². The first-order chi connectivity index (χ1) is 13.4. The van der Waals surface area contributed by atoms with E-state index in [4.69, 9.17) is 0 Å². The minimum absolute atomic E-state index is 0.0466. The molecule has 1 N–H and O–H groups in total. The molecule has 0 bridgehead atoms. The van der Waals surface area contributed by atoms with Crippen LogP contribution < -0.4 is 5.32 Å². The summed E-state index contributed by atoms with van der Waals surface area (Å²) >= 11 is 0. The van der Waals surface area contributed by atoms with Crippen LogP contribution in [0.15, 0.2) is 48.5 Å². The third-order valence-electron chi connectivity index (χ3n) is 5.90. The molecule has 1 atom stereocenters. The zero-order valence-corrected chi connectivity index (χ0v) is 16.1. The number of hydrogen-bond acceptors (Lipinski definition) is 2. The summed E-state index contributed by atoms with van der Waals surface area (Å²) in [4.78, 5) is 27.3. The van der Waals surface area contributed by atoms with Crippen LogP contribution in [-0.4, -0.2) is 29.8 Å². The minimum Gasteiger partial charge on any atom is -0.341 e. The van der Waals surface area contributed by atoms with E-state index in [1.807, 2.05) is 36.1 Å². The van der Waals surface area contributed by atoms with Crippen LogP contribution in [0.25, 0.3) is 11.1 Å². The van der Waals surface area contributed by atoms with Crippen molar-refractivity contribution in [1.82, 2.24) is 4.90 Å². The number of likely N-dealkylation sites (tertiary alicyclic amines) is 1. The number of amides is 2. The zero-order chi connectivity index (χ0) is 19.7. The van der Waals surface area contributed by atoms with E-state index in [-0.39, 0.29) is 29.0 Å². The molecular weight excluding hydrogens is 355 g/mol. The van der Waals surface area contributed by atoms with Crippen molar-refractivity contribution in [3.63, 3.8) is 0 Å². The van der Waals surface area contributed by atoms with E-state index < -0.39 is 0 Å². The number of nitrogens with zero attached hydrogens (tertiary/aromatic N) is 1. The van der Waals surface area contributed by atoms with Crippen molar-refractivity contribution in [2.24, 2.45) is 11.3 Å². The highest BCUT2D eigenvalue weighted by Crippen LogP contribution is 2.47. The Balaban J connectivity index is 1.42. The monoisotopic (exact) mass is 380 g/mol. The second kappa shape index (κ2) is 7.38. The fraction of sp³-hybridized carbons (Fsp3) is 0.391. The van der Waals surface area contributed by atoms with E-state index in [0.29, 0.717) is 12.2 Å². The standard InChI is InChI=1S/C23H25FN2O2/c1-23(11-12-23)22(28)26-13-3-5-18(15-26)21(27)25-20-6-2-4-17(14-20)16-7-9-19(24)10-8-16/h2,4,6-10,14,18H,3,5,11-13,15H2,1H3,(H,25,27)/t18-/m0/s1. The molecule has 5 heteroatoms. The fourth-order valence-corrected chi connectivity index (χ4v) is 3.82. The molecule has 1 saturated heterocycles. The van der Waals surface area contributed by atoms with Crippen LogP contribution in [-0.2, 0) is 9.59 Å². The Morgan fingerprint density at radius 1 is 1.11 bits per heavy atom. The molecule has 2 fully saturated rings. The van der Waals surface area contributed by atoms with Crippen molar-refractivity contribution in [2.75, 3.05) is 18.4 Å². The van der Waals surface area contributed by atoms with Crippen LogP contribution in [0.5, 0.6) is 0 Å². The second-order valence-electron chi connectivity index (χ2n) is 8.23. The first-order valence-corrected chi connectivity index (χ1v) is 9.91. The number of carbonyl (C=O) groups excluding carboxylic acids is 2. The number of carbonyl (C=O) groups is 2. The molecule has 1 heterocycles. The molecule has 4 rings (SSSR count). The quantitative estimate of drug-likeness (QED) is 0.851. The Kier molecular flexibility index (Phi) is 4.92. The van der Waals surface area contributed by atoms with Gasteiger partial charge in [-0.2, -0.15) is 0 Å². The maximum atomic E-state index is 13.1. The number of anilines is 1. The predicted molar refractivity (Wildman–Crippen MR) is 107 cm³/mol. The van der Waals surface area contributed by atoms with E-state index in [1.54, 1.807) is 12.1 Å². The van der Waals surface area contributed by atoms with Crippen molar-refractivity contribution in [3.05, 3.63) is 54.3 Å². The molecule has 1 saturated carbocycles. The van der Waals surface area contributed by atoms with Gasteiger partial charge in [-0.15, -0.1) is 0 Å². The molecule has 2 amide bonds. The zero-order valence-electron chi connectivity index (χ0n) is 16.1. The minimum atomic E-state index is -0.273. The number of benzene rings is 2. The van der Waals surface area contributed by atoms with Crippen LogP contribution in [0.2, 0.25) is 0 Å². The normalized spacial score (nSPS) is 20.5. The molecule has 2 aromatic rings. The largest absolute Gasteiger partial charge is 0.341 e. The summed E-state index contributed by atoms with van der Waals surface area (Å²) in [5, 5.41) is 3.00. The highest BCUT2D eigenvalue weighted by Gasteiger charge is 2.48. The maximum Gasteiger partial charge on any atom is 0.229 e. The molecule has 0 unspecified atom stereocenters. The van der Waals surface area contributed by atoms with E-state index >= 15 is 0 Å². The summed E-state index contributed by atoms with van der Waals surface area (Å²) < 4.78 is 13.1. The molecule has 146 valence electrons. The van der Waals surface area contributed by atoms with Gasteiger partial charge in [0, 0.05) is 24.2 Å².